The van der Waals surface area contributed by atoms with Gasteiger partial charge in [-0.15, -0.1) is 10.2 Å². The van der Waals surface area contributed by atoms with Crippen LogP contribution in [0, 0.1) is 0 Å². The van der Waals surface area contributed by atoms with Gasteiger partial charge in [0.05, 0.1) is 24.3 Å². The number of hydrogen-bond acceptors (Lipinski definition) is 6. The number of aromatic nitrogens is 2. The van der Waals surface area contributed by atoms with Crippen molar-refractivity contribution in [2.45, 2.75) is 30.8 Å². The molecule has 1 amide bonds. The molecule has 3 heterocycles. The summed E-state index contributed by atoms with van der Waals surface area (Å²) in [5.41, 5.74) is 3.15. The van der Waals surface area contributed by atoms with Crippen LogP contribution in [0.15, 0.2) is 64.2 Å². The monoisotopic (exact) mass is 408 g/mol. The van der Waals surface area contributed by atoms with Crippen LogP contribution in [0.1, 0.15) is 25.0 Å². The zero-order valence-electron chi connectivity index (χ0n) is 16.2. The van der Waals surface area contributed by atoms with Gasteiger partial charge in [-0.25, -0.2) is 0 Å². The molecule has 0 unspecified atom stereocenters. The number of nitrogens with zero attached hydrogens (tertiary/aromatic N) is 3. The average molecular weight is 409 g/mol. The standard InChI is InChI=1S/C22H24N4O2S/c27-21(23-15-19-5-4-14-28-19)16-29-22-11-10-20(24-25-22)17-6-8-18(9-7-17)26-12-2-1-3-13-26/h4-11,14H,1-3,12-13,15-16H2,(H,23,27). The van der Waals surface area contributed by atoms with Gasteiger partial charge in [0, 0.05) is 24.3 Å². The number of carbonyl (C=O) groups excluding carboxylic acids is 1. The molecule has 0 atom stereocenters. The fraction of sp³-hybridized carbons (Fsp3) is 0.318. The third-order valence-corrected chi connectivity index (χ3v) is 5.84. The molecule has 7 heteroatoms. The summed E-state index contributed by atoms with van der Waals surface area (Å²) in [6, 6.07) is 16.0. The van der Waals surface area contributed by atoms with Gasteiger partial charge in [0.2, 0.25) is 5.91 Å². The molecule has 0 aliphatic carbocycles. The summed E-state index contributed by atoms with van der Waals surface area (Å²) in [6.07, 6.45) is 5.47. The summed E-state index contributed by atoms with van der Waals surface area (Å²) in [4.78, 5) is 14.4. The van der Waals surface area contributed by atoms with Crippen LogP contribution in [-0.2, 0) is 11.3 Å². The van der Waals surface area contributed by atoms with E-state index in [9.17, 15) is 4.79 Å². The van der Waals surface area contributed by atoms with E-state index in [0.717, 1.165) is 35.1 Å². The Labute approximate surface area is 174 Å². The molecular weight excluding hydrogens is 384 g/mol. The zero-order chi connectivity index (χ0) is 19.9. The first-order chi connectivity index (χ1) is 14.3. The third-order valence-electron chi connectivity index (χ3n) is 4.92. The summed E-state index contributed by atoms with van der Waals surface area (Å²) in [6.45, 7) is 2.67. The highest BCUT2D eigenvalue weighted by atomic mass is 32.2. The van der Waals surface area contributed by atoms with Gasteiger partial charge < -0.3 is 14.6 Å². The SMILES string of the molecule is O=C(CSc1ccc(-c2ccc(N3CCCCC3)cc2)nn1)NCc1ccco1. The lowest BCUT2D eigenvalue weighted by Crippen LogP contribution is -2.29. The number of furan rings is 1. The van der Waals surface area contributed by atoms with Gasteiger partial charge in [0.1, 0.15) is 10.8 Å². The van der Waals surface area contributed by atoms with E-state index >= 15 is 0 Å². The normalized spacial score (nSPS) is 14.0. The molecule has 1 N–H and O–H groups in total. The van der Waals surface area contributed by atoms with Crippen molar-refractivity contribution >= 4 is 23.4 Å². The molecule has 0 radical (unpaired) electrons. The minimum absolute atomic E-state index is 0.0643. The second-order valence-electron chi connectivity index (χ2n) is 7.00. The molecule has 29 heavy (non-hydrogen) atoms. The average Bonchev–Trinajstić information content (AvgIpc) is 3.31. The summed E-state index contributed by atoms with van der Waals surface area (Å²) < 4.78 is 5.20. The maximum atomic E-state index is 11.9. The molecule has 1 aliphatic heterocycles. The Kier molecular flexibility index (Phi) is 6.46. The quantitative estimate of drug-likeness (QED) is 0.593. The van der Waals surface area contributed by atoms with Gasteiger partial charge in [-0.3, -0.25) is 4.79 Å². The second-order valence-corrected chi connectivity index (χ2v) is 7.99. The van der Waals surface area contributed by atoms with E-state index in [0.29, 0.717) is 12.3 Å². The Morgan fingerprint density at radius 2 is 1.86 bits per heavy atom. The Morgan fingerprint density at radius 1 is 1.03 bits per heavy atom. The number of hydrogen-bond donors (Lipinski definition) is 1. The van der Waals surface area contributed by atoms with Gasteiger partial charge in [-0.2, -0.15) is 0 Å². The van der Waals surface area contributed by atoms with Crippen molar-refractivity contribution in [3.8, 4) is 11.3 Å². The highest BCUT2D eigenvalue weighted by Gasteiger charge is 2.11. The van der Waals surface area contributed by atoms with Crippen LogP contribution in [-0.4, -0.2) is 34.9 Å². The number of thioether (sulfide) groups is 1. The van der Waals surface area contributed by atoms with E-state index in [4.69, 9.17) is 4.42 Å². The van der Waals surface area contributed by atoms with E-state index in [-0.39, 0.29) is 5.91 Å². The minimum atomic E-state index is -0.0643. The number of piperidine rings is 1. The van der Waals surface area contributed by atoms with Crippen molar-refractivity contribution < 1.29 is 9.21 Å². The lowest BCUT2D eigenvalue weighted by molar-refractivity contribution is -0.118. The second kappa shape index (κ2) is 9.60. The topological polar surface area (TPSA) is 71.3 Å². The first kappa shape index (κ1) is 19.5. The fourth-order valence-electron chi connectivity index (χ4n) is 3.34. The Morgan fingerprint density at radius 3 is 2.55 bits per heavy atom. The summed E-state index contributed by atoms with van der Waals surface area (Å²) in [5, 5.41) is 12.1. The zero-order valence-corrected chi connectivity index (χ0v) is 17.0. The third kappa shape index (κ3) is 5.38. The molecule has 1 aromatic carbocycles. The largest absolute Gasteiger partial charge is 0.467 e. The molecule has 4 rings (SSSR count). The van der Waals surface area contributed by atoms with E-state index < -0.39 is 0 Å². The van der Waals surface area contributed by atoms with Crippen molar-refractivity contribution in [2.24, 2.45) is 0 Å². The number of anilines is 1. The number of amides is 1. The highest BCUT2D eigenvalue weighted by Crippen LogP contribution is 2.25. The Balaban J connectivity index is 1.28. The highest BCUT2D eigenvalue weighted by molar-refractivity contribution is 7.99. The van der Waals surface area contributed by atoms with Crippen LogP contribution >= 0.6 is 11.8 Å². The van der Waals surface area contributed by atoms with Crippen LogP contribution < -0.4 is 10.2 Å². The van der Waals surface area contributed by atoms with Gasteiger partial charge in [0.25, 0.3) is 0 Å². The first-order valence-electron chi connectivity index (χ1n) is 9.89. The number of benzene rings is 1. The fourth-order valence-corrected chi connectivity index (χ4v) is 3.98. The van der Waals surface area contributed by atoms with Crippen molar-refractivity contribution in [2.75, 3.05) is 23.7 Å². The molecule has 1 fully saturated rings. The lowest BCUT2D eigenvalue weighted by Gasteiger charge is -2.28. The molecule has 2 aromatic heterocycles. The van der Waals surface area contributed by atoms with Gasteiger partial charge in [-0.05, 0) is 55.7 Å². The van der Waals surface area contributed by atoms with Crippen LogP contribution in [0.5, 0.6) is 0 Å². The number of nitrogens with one attached hydrogen (secondary N) is 1. The predicted molar refractivity (Wildman–Crippen MR) is 115 cm³/mol. The van der Waals surface area contributed by atoms with Gasteiger partial charge >= 0.3 is 0 Å². The molecule has 150 valence electrons. The van der Waals surface area contributed by atoms with E-state index in [1.807, 2.05) is 18.2 Å². The van der Waals surface area contributed by atoms with Gasteiger partial charge in [-0.1, -0.05) is 23.9 Å². The maximum Gasteiger partial charge on any atom is 0.230 e. The van der Waals surface area contributed by atoms with E-state index in [1.54, 1.807) is 12.3 Å². The van der Waals surface area contributed by atoms with E-state index in [2.05, 4.69) is 44.7 Å². The Hall–Kier alpha value is -2.80. The maximum absolute atomic E-state index is 11.9. The summed E-state index contributed by atoms with van der Waals surface area (Å²) >= 11 is 1.37. The predicted octanol–water partition coefficient (Wildman–Crippen LogP) is 4.14. The molecule has 6 nitrogen and oxygen atoms in total. The summed E-state index contributed by atoms with van der Waals surface area (Å²) in [7, 11) is 0. The Bertz CT molecular complexity index is 905. The molecule has 1 aliphatic rings. The molecule has 0 spiro atoms. The van der Waals surface area contributed by atoms with Crippen LogP contribution in [0.25, 0.3) is 11.3 Å². The van der Waals surface area contributed by atoms with Crippen LogP contribution in [0.3, 0.4) is 0 Å². The van der Waals surface area contributed by atoms with Crippen molar-refractivity contribution in [1.82, 2.24) is 15.5 Å². The smallest absolute Gasteiger partial charge is 0.230 e. The van der Waals surface area contributed by atoms with Crippen molar-refractivity contribution in [3.63, 3.8) is 0 Å². The minimum Gasteiger partial charge on any atom is -0.467 e. The lowest BCUT2D eigenvalue weighted by atomic mass is 10.1. The molecule has 0 saturated carbocycles. The van der Waals surface area contributed by atoms with Crippen LogP contribution in [0.4, 0.5) is 5.69 Å². The van der Waals surface area contributed by atoms with Gasteiger partial charge in [0.15, 0.2) is 0 Å². The molecule has 3 aromatic rings. The van der Waals surface area contributed by atoms with Crippen molar-refractivity contribution in [3.05, 3.63) is 60.6 Å². The van der Waals surface area contributed by atoms with E-state index in [1.165, 1.54) is 36.7 Å². The van der Waals surface area contributed by atoms with Crippen molar-refractivity contribution in [1.29, 1.82) is 0 Å². The summed E-state index contributed by atoms with van der Waals surface area (Å²) in [5.74, 6) is 0.962. The van der Waals surface area contributed by atoms with Crippen LogP contribution in [0.2, 0.25) is 0 Å². The molecule has 1 saturated heterocycles. The molecule has 0 bridgehead atoms. The number of carbonyl (C=O) groups is 1. The first-order valence-corrected chi connectivity index (χ1v) is 10.9. The molecular formula is C22H24N4O2S. The number of rotatable bonds is 7.